The van der Waals surface area contributed by atoms with Gasteiger partial charge in [-0.15, -0.1) is 0 Å². The van der Waals surface area contributed by atoms with Crippen LogP contribution in [0, 0.1) is 11.9 Å². The van der Waals surface area contributed by atoms with E-state index in [1.807, 2.05) is 12.1 Å². The molecule has 0 unspecified atom stereocenters. The van der Waals surface area contributed by atoms with Gasteiger partial charge >= 0.3 is 0 Å². The summed E-state index contributed by atoms with van der Waals surface area (Å²) in [5, 5.41) is 3.80. The van der Waals surface area contributed by atoms with Gasteiger partial charge in [-0.2, -0.15) is 13.8 Å². The third kappa shape index (κ3) is 2.95. The number of hydrogen-bond donors (Lipinski definition) is 1. The fourth-order valence-corrected chi connectivity index (χ4v) is 2.75. The fraction of sp³-hybridized carbons (Fsp3) is 0.0526. The van der Waals surface area contributed by atoms with Gasteiger partial charge < -0.3 is 5.32 Å². The third-order valence-corrected chi connectivity index (χ3v) is 3.95. The minimum absolute atomic E-state index is 0.398. The smallest absolute Gasteiger partial charge is 0.216 e. The zero-order valence-corrected chi connectivity index (χ0v) is 13.7. The maximum absolute atomic E-state index is 13.4. The van der Waals surface area contributed by atoms with Crippen LogP contribution in [0.15, 0.2) is 54.9 Å². The van der Waals surface area contributed by atoms with Crippen molar-refractivity contribution < 1.29 is 8.78 Å². The molecular weight excluding hydrogens is 336 g/mol. The zero-order chi connectivity index (χ0) is 18.1. The third-order valence-electron chi connectivity index (χ3n) is 3.95. The van der Waals surface area contributed by atoms with E-state index in [1.165, 1.54) is 12.1 Å². The summed E-state index contributed by atoms with van der Waals surface area (Å²) in [5.41, 5.74) is 2.55. The molecule has 0 saturated carbocycles. The van der Waals surface area contributed by atoms with Gasteiger partial charge in [0.2, 0.25) is 11.9 Å². The van der Waals surface area contributed by atoms with Crippen LogP contribution in [0.5, 0.6) is 0 Å². The van der Waals surface area contributed by atoms with E-state index in [0.29, 0.717) is 28.3 Å². The first-order valence-electron chi connectivity index (χ1n) is 7.87. The molecule has 5 nitrogen and oxygen atoms in total. The standard InChI is InChI=1S/C19H13F2N5/c1-22-19-14-7-11(13-8-16(20)25-17(21)9-13)4-5-15(14)24-18(26-19)12-3-2-6-23-10-12/h2-10H,1H3,(H,22,24,26). The Morgan fingerprint density at radius 1 is 0.846 bits per heavy atom. The van der Waals surface area contributed by atoms with Crippen molar-refractivity contribution in [2.75, 3.05) is 12.4 Å². The van der Waals surface area contributed by atoms with Crippen molar-refractivity contribution in [2.24, 2.45) is 0 Å². The Hall–Kier alpha value is -3.48. The quantitative estimate of drug-likeness (QED) is 0.565. The fourth-order valence-electron chi connectivity index (χ4n) is 2.75. The topological polar surface area (TPSA) is 63.6 Å². The van der Waals surface area contributed by atoms with Crippen LogP contribution in [0.3, 0.4) is 0 Å². The van der Waals surface area contributed by atoms with Crippen LogP contribution in [-0.2, 0) is 0 Å². The molecule has 4 aromatic rings. The number of nitrogens with zero attached hydrogens (tertiary/aromatic N) is 4. The average Bonchev–Trinajstić information content (AvgIpc) is 2.66. The van der Waals surface area contributed by atoms with E-state index in [-0.39, 0.29) is 0 Å². The van der Waals surface area contributed by atoms with Crippen molar-refractivity contribution in [1.29, 1.82) is 0 Å². The second kappa shape index (κ2) is 6.44. The molecule has 0 radical (unpaired) electrons. The molecule has 0 aliphatic heterocycles. The van der Waals surface area contributed by atoms with Gasteiger partial charge in [-0.05, 0) is 35.4 Å². The molecule has 0 fully saturated rings. The maximum atomic E-state index is 13.4. The molecule has 7 heteroatoms. The van der Waals surface area contributed by atoms with E-state index in [1.54, 1.807) is 37.6 Å². The predicted octanol–water partition coefficient (Wildman–Crippen LogP) is 4.07. The molecule has 1 N–H and O–H groups in total. The van der Waals surface area contributed by atoms with Crippen LogP contribution in [-0.4, -0.2) is 27.0 Å². The first-order chi connectivity index (χ1) is 12.6. The first-order valence-corrected chi connectivity index (χ1v) is 7.87. The van der Waals surface area contributed by atoms with Crippen LogP contribution in [0.2, 0.25) is 0 Å². The predicted molar refractivity (Wildman–Crippen MR) is 95.5 cm³/mol. The number of aromatic nitrogens is 4. The number of pyridine rings is 2. The van der Waals surface area contributed by atoms with Crippen LogP contribution in [0.25, 0.3) is 33.4 Å². The molecule has 1 aromatic carbocycles. The minimum Gasteiger partial charge on any atom is -0.373 e. The van der Waals surface area contributed by atoms with Crippen molar-refractivity contribution >= 4 is 16.7 Å². The normalized spacial score (nSPS) is 10.9. The van der Waals surface area contributed by atoms with Gasteiger partial charge in [0.15, 0.2) is 5.82 Å². The Morgan fingerprint density at radius 2 is 1.65 bits per heavy atom. The summed E-state index contributed by atoms with van der Waals surface area (Å²) < 4.78 is 26.8. The summed E-state index contributed by atoms with van der Waals surface area (Å²) in [6, 6.07) is 11.4. The highest BCUT2D eigenvalue weighted by molar-refractivity contribution is 5.93. The van der Waals surface area contributed by atoms with Crippen molar-refractivity contribution in [1.82, 2.24) is 19.9 Å². The lowest BCUT2D eigenvalue weighted by molar-refractivity contribution is 0.513. The highest BCUT2D eigenvalue weighted by atomic mass is 19.1. The molecule has 4 rings (SSSR count). The number of nitrogens with one attached hydrogen (secondary N) is 1. The molecule has 3 heterocycles. The van der Waals surface area contributed by atoms with E-state index in [2.05, 4.69) is 25.3 Å². The number of anilines is 1. The Morgan fingerprint density at radius 3 is 2.35 bits per heavy atom. The maximum Gasteiger partial charge on any atom is 0.216 e. The number of rotatable bonds is 3. The lowest BCUT2D eigenvalue weighted by atomic mass is 10.0. The van der Waals surface area contributed by atoms with E-state index >= 15 is 0 Å². The van der Waals surface area contributed by atoms with Gasteiger partial charge in [0.1, 0.15) is 5.82 Å². The summed E-state index contributed by atoms with van der Waals surface area (Å²) in [5.74, 6) is -0.566. The molecular formula is C19H13F2N5. The summed E-state index contributed by atoms with van der Waals surface area (Å²) in [7, 11) is 1.76. The van der Waals surface area contributed by atoms with E-state index in [9.17, 15) is 8.78 Å². The SMILES string of the molecule is CNc1nc(-c2cccnc2)nc2ccc(-c3cc(F)nc(F)c3)cc12. The van der Waals surface area contributed by atoms with E-state index in [0.717, 1.165) is 10.9 Å². The van der Waals surface area contributed by atoms with Crippen LogP contribution in [0.4, 0.5) is 14.6 Å². The van der Waals surface area contributed by atoms with Crippen molar-refractivity contribution in [3.05, 3.63) is 66.8 Å². The van der Waals surface area contributed by atoms with E-state index in [4.69, 9.17) is 0 Å². The van der Waals surface area contributed by atoms with Crippen LogP contribution in [0.1, 0.15) is 0 Å². The molecule has 0 bridgehead atoms. The Labute approximate surface area is 147 Å². The molecule has 0 atom stereocenters. The number of hydrogen-bond acceptors (Lipinski definition) is 5. The summed E-state index contributed by atoms with van der Waals surface area (Å²) in [4.78, 5) is 16.3. The van der Waals surface area contributed by atoms with Gasteiger partial charge in [0.05, 0.1) is 5.52 Å². The molecule has 0 saturated heterocycles. The monoisotopic (exact) mass is 349 g/mol. The van der Waals surface area contributed by atoms with E-state index < -0.39 is 11.9 Å². The largest absolute Gasteiger partial charge is 0.373 e. The molecule has 0 aliphatic carbocycles. The summed E-state index contributed by atoms with van der Waals surface area (Å²) in [6.07, 6.45) is 3.38. The zero-order valence-electron chi connectivity index (χ0n) is 13.7. The number of halogens is 2. The van der Waals surface area contributed by atoms with Gasteiger partial charge in [-0.25, -0.2) is 9.97 Å². The molecule has 0 amide bonds. The molecule has 26 heavy (non-hydrogen) atoms. The molecule has 0 aliphatic rings. The lowest BCUT2D eigenvalue weighted by Gasteiger charge is -2.10. The summed E-state index contributed by atoms with van der Waals surface area (Å²) in [6.45, 7) is 0. The molecule has 0 spiro atoms. The number of benzene rings is 1. The van der Waals surface area contributed by atoms with Crippen molar-refractivity contribution in [3.8, 4) is 22.5 Å². The number of fused-ring (bicyclic) bond motifs is 1. The van der Waals surface area contributed by atoms with Crippen LogP contribution >= 0.6 is 0 Å². The average molecular weight is 349 g/mol. The van der Waals surface area contributed by atoms with Crippen LogP contribution < -0.4 is 5.32 Å². The van der Waals surface area contributed by atoms with Gasteiger partial charge in [-0.3, -0.25) is 4.98 Å². The highest BCUT2D eigenvalue weighted by Crippen LogP contribution is 2.29. The highest BCUT2D eigenvalue weighted by Gasteiger charge is 2.11. The minimum atomic E-state index is -0.864. The lowest BCUT2D eigenvalue weighted by Crippen LogP contribution is -1.99. The van der Waals surface area contributed by atoms with Gasteiger partial charge in [0, 0.05) is 42.5 Å². The molecule has 128 valence electrons. The molecule has 3 aromatic heterocycles. The van der Waals surface area contributed by atoms with Gasteiger partial charge in [-0.1, -0.05) is 6.07 Å². The van der Waals surface area contributed by atoms with Crippen molar-refractivity contribution in [2.45, 2.75) is 0 Å². The Kier molecular flexibility index (Phi) is 3.96. The second-order valence-corrected chi connectivity index (χ2v) is 5.62. The first kappa shape index (κ1) is 16.0. The second-order valence-electron chi connectivity index (χ2n) is 5.62. The summed E-state index contributed by atoms with van der Waals surface area (Å²) >= 11 is 0. The van der Waals surface area contributed by atoms with Crippen molar-refractivity contribution in [3.63, 3.8) is 0 Å². The Balaban J connectivity index is 1.88. The van der Waals surface area contributed by atoms with Gasteiger partial charge in [0.25, 0.3) is 0 Å². The Bertz CT molecular complexity index is 1080.